The lowest BCUT2D eigenvalue weighted by Crippen LogP contribution is -2.12. The maximum atomic E-state index is 13.0. The van der Waals surface area contributed by atoms with E-state index in [4.69, 9.17) is 0 Å². The van der Waals surface area contributed by atoms with E-state index in [-0.39, 0.29) is 17.2 Å². The summed E-state index contributed by atoms with van der Waals surface area (Å²) in [6.45, 7) is 6.03. The van der Waals surface area contributed by atoms with Gasteiger partial charge in [-0.05, 0) is 103 Å². The number of phenolic OH excluding ortho intramolecular Hbond substituents is 1. The molecule has 0 bridgehead atoms. The van der Waals surface area contributed by atoms with E-state index < -0.39 is 0 Å². The molecule has 0 aromatic heterocycles. The van der Waals surface area contributed by atoms with E-state index in [0.717, 1.165) is 39.0 Å². The highest BCUT2D eigenvalue weighted by molar-refractivity contribution is 6.09. The Hall–Kier alpha value is -5.61. The van der Waals surface area contributed by atoms with Crippen LogP contribution in [-0.2, 0) is 0 Å². The van der Waals surface area contributed by atoms with Crippen LogP contribution in [0.1, 0.15) is 38.2 Å². The van der Waals surface area contributed by atoms with Crippen molar-refractivity contribution < 1.29 is 9.90 Å². The van der Waals surface area contributed by atoms with Crippen molar-refractivity contribution in [2.75, 3.05) is 10.2 Å². The number of aromatic hydroxyl groups is 1. The van der Waals surface area contributed by atoms with Crippen molar-refractivity contribution in [3.05, 3.63) is 161 Å². The van der Waals surface area contributed by atoms with Gasteiger partial charge in [-0.25, -0.2) is 0 Å². The van der Waals surface area contributed by atoms with E-state index in [1.807, 2.05) is 55.5 Å². The molecule has 0 saturated heterocycles. The summed E-state index contributed by atoms with van der Waals surface area (Å²) in [5.74, 6) is -0.335. The van der Waals surface area contributed by atoms with Crippen molar-refractivity contribution in [3.63, 3.8) is 0 Å². The number of aryl methyl sites for hydroxylation is 3. The molecule has 4 nitrogen and oxygen atoms in total. The van der Waals surface area contributed by atoms with E-state index in [2.05, 4.69) is 109 Å². The van der Waals surface area contributed by atoms with Crippen LogP contribution in [0.5, 0.6) is 5.75 Å². The molecule has 0 saturated carbocycles. The fourth-order valence-electron chi connectivity index (χ4n) is 5.33. The van der Waals surface area contributed by atoms with E-state index in [1.165, 1.54) is 11.1 Å². The average molecular weight is 575 g/mol. The van der Waals surface area contributed by atoms with Gasteiger partial charge in [0.05, 0.1) is 5.56 Å². The van der Waals surface area contributed by atoms with Crippen molar-refractivity contribution in [1.82, 2.24) is 0 Å². The fourth-order valence-corrected chi connectivity index (χ4v) is 5.33. The van der Waals surface area contributed by atoms with Crippen LogP contribution >= 0.6 is 0 Å². The summed E-state index contributed by atoms with van der Waals surface area (Å²) >= 11 is 0. The molecule has 4 heteroatoms. The number of carbonyl (C=O) groups is 1. The molecule has 0 fully saturated rings. The zero-order valence-corrected chi connectivity index (χ0v) is 25.1. The number of carbonyl (C=O) groups excluding carboxylic acids is 1. The highest BCUT2D eigenvalue weighted by Crippen LogP contribution is 2.35. The number of fused-ring (bicyclic) bond motifs is 1. The number of amides is 1. The molecule has 2 N–H and O–H groups in total. The van der Waals surface area contributed by atoms with E-state index >= 15 is 0 Å². The number of nitrogens with one attached hydrogen (secondary N) is 1. The average Bonchev–Trinajstić information content (AvgIpc) is 3.05. The van der Waals surface area contributed by atoms with Crippen LogP contribution in [-0.4, -0.2) is 11.0 Å². The van der Waals surface area contributed by atoms with Gasteiger partial charge < -0.3 is 15.3 Å². The van der Waals surface area contributed by atoms with Crippen molar-refractivity contribution in [3.8, 4) is 5.75 Å². The van der Waals surface area contributed by atoms with E-state index in [9.17, 15) is 9.90 Å². The monoisotopic (exact) mass is 574 g/mol. The van der Waals surface area contributed by atoms with Gasteiger partial charge in [-0.2, -0.15) is 0 Å². The number of rotatable bonds is 7. The molecule has 0 radical (unpaired) electrons. The number of phenols is 1. The smallest absolute Gasteiger partial charge is 0.259 e. The maximum Gasteiger partial charge on any atom is 0.259 e. The van der Waals surface area contributed by atoms with Crippen molar-refractivity contribution in [1.29, 1.82) is 0 Å². The van der Waals surface area contributed by atoms with Gasteiger partial charge in [-0.3, -0.25) is 4.79 Å². The Morgan fingerprint density at radius 3 is 1.66 bits per heavy atom. The second-order valence-electron chi connectivity index (χ2n) is 11.1. The molecule has 44 heavy (non-hydrogen) atoms. The molecular formula is C40H34N2O2. The van der Waals surface area contributed by atoms with Gasteiger partial charge in [-0.1, -0.05) is 96.1 Å². The Balaban J connectivity index is 1.16. The molecule has 0 heterocycles. The zero-order chi connectivity index (χ0) is 30.6. The Bertz CT molecular complexity index is 1910. The lowest BCUT2D eigenvalue weighted by Gasteiger charge is -2.25. The van der Waals surface area contributed by atoms with Gasteiger partial charge in [0.15, 0.2) is 0 Å². The molecule has 216 valence electrons. The normalized spacial score (nSPS) is 11.2. The summed E-state index contributed by atoms with van der Waals surface area (Å²) < 4.78 is 0. The van der Waals surface area contributed by atoms with Gasteiger partial charge >= 0.3 is 0 Å². The molecule has 0 unspecified atom stereocenters. The predicted octanol–water partition coefficient (Wildman–Crippen LogP) is 10.4. The summed E-state index contributed by atoms with van der Waals surface area (Å²) in [5, 5.41) is 15.4. The van der Waals surface area contributed by atoms with Gasteiger partial charge in [-0.15, -0.1) is 0 Å². The van der Waals surface area contributed by atoms with Crippen LogP contribution in [0.15, 0.2) is 127 Å². The first-order chi connectivity index (χ1) is 21.4. The quantitative estimate of drug-likeness (QED) is 0.187. The van der Waals surface area contributed by atoms with Gasteiger partial charge in [0.2, 0.25) is 0 Å². The Morgan fingerprint density at radius 2 is 1.11 bits per heavy atom. The second kappa shape index (κ2) is 12.3. The largest absolute Gasteiger partial charge is 0.507 e. The van der Waals surface area contributed by atoms with Crippen molar-refractivity contribution >= 4 is 51.6 Å². The third-order valence-corrected chi connectivity index (χ3v) is 7.89. The van der Waals surface area contributed by atoms with Crippen LogP contribution in [0, 0.1) is 20.8 Å². The molecule has 0 spiro atoms. The number of hydrogen-bond donors (Lipinski definition) is 2. The first kappa shape index (κ1) is 28.5. The molecule has 0 aliphatic heterocycles. The van der Waals surface area contributed by atoms with Crippen molar-refractivity contribution in [2.24, 2.45) is 0 Å². The number of hydrogen-bond acceptors (Lipinski definition) is 3. The molecular weight excluding hydrogens is 540 g/mol. The summed E-state index contributed by atoms with van der Waals surface area (Å²) in [6, 6.07) is 42.8. The molecule has 1 amide bonds. The minimum Gasteiger partial charge on any atom is -0.507 e. The van der Waals surface area contributed by atoms with Crippen LogP contribution in [0.2, 0.25) is 0 Å². The summed E-state index contributed by atoms with van der Waals surface area (Å²) in [4.78, 5) is 15.3. The number of benzene rings is 6. The first-order valence-electron chi connectivity index (χ1n) is 14.7. The molecule has 6 aromatic carbocycles. The second-order valence-corrected chi connectivity index (χ2v) is 11.1. The van der Waals surface area contributed by atoms with Crippen LogP contribution < -0.4 is 10.2 Å². The molecule has 0 atom stereocenters. The first-order valence-corrected chi connectivity index (χ1v) is 14.7. The highest BCUT2D eigenvalue weighted by Gasteiger charge is 2.16. The third-order valence-electron chi connectivity index (χ3n) is 7.89. The zero-order valence-electron chi connectivity index (χ0n) is 25.1. The van der Waals surface area contributed by atoms with Crippen LogP contribution in [0.4, 0.5) is 22.7 Å². The number of nitrogens with zero attached hydrogens (tertiary/aromatic N) is 1. The summed E-state index contributed by atoms with van der Waals surface area (Å²) in [5.41, 5.74) is 9.48. The van der Waals surface area contributed by atoms with Gasteiger partial charge in [0.1, 0.15) is 5.75 Å². The van der Waals surface area contributed by atoms with Gasteiger partial charge in [0.25, 0.3) is 5.91 Å². The SMILES string of the molecule is Cc1ccc(N(c2ccc(C)cc2)c2ccc(/C=C/c3ccc(NC(=O)c4cc5ccccc5c(C)c4O)cc3)cc2)cc1. The number of anilines is 4. The van der Waals surface area contributed by atoms with Crippen molar-refractivity contribution in [2.45, 2.75) is 20.8 Å². The molecule has 0 aliphatic rings. The Morgan fingerprint density at radius 1 is 0.636 bits per heavy atom. The Kier molecular flexibility index (Phi) is 7.98. The maximum absolute atomic E-state index is 13.0. The topological polar surface area (TPSA) is 52.6 Å². The third kappa shape index (κ3) is 6.11. The minimum absolute atomic E-state index is 0.00706. The lowest BCUT2D eigenvalue weighted by molar-refractivity contribution is 0.102. The predicted molar refractivity (Wildman–Crippen MR) is 184 cm³/mol. The van der Waals surface area contributed by atoms with Gasteiger partial charge in [0, 0.05) is 22.7 Å². The lowest BCUT2D eigenvalue weighted by atomic mass is 10.00. The molecule has 0 aliphatic carbocycles. The standard InChI is InChI=1S/C40H34N2O2/c1-27-8-20-34(21-9-27)42(35-22-10-28(2)11-23-35)36-24-16-31(17-25-36)13-12-30-14-18-33(19-15-30)41-40(44)38-26-32-6-4-5-7-37(32)29(3)39(38)43/h4-26,43H,1-3H3,(H,41,44)/b13-12+. The summed E-state index contributed by atoms with van der Waals surface area (Å²) in [7, 11) is 0. The van der Waals surface area contributed by atoms with Crippen LogP contribution in [0.25, 0.3) is 22.9 Å². The molecule has 6 rings (SSSR count). The highest BCUT2D eigenvalue weighted by atomic mass is 16.3. The summed E-state index contributed by atoms with van der Waals surface area (Å²) in [6.07, 6.45) is 4.13. The van der Waals surface area contributed by atoms with E-state index in [0.29, 0.717) is 11.3 Å². The van der Waals surface area contributed by atoms with E-state index in [1.54, 1.807) is 6.07 Å². The molecule has 6 aromatic rings. The Labute approximate surface area is 258 Å². The minimum atomic E-state index is -0.343. The fraction of sp³-hybridized carbons (Fsp3) is 0.0750. The van der Waals surface area contributed by atoms with Crippen LogP contribution in [0.3, 0.4) is 0 Å².